The van der Waals surface area contributed by atoms with Crippen LogP contribution in [-0.2, 0) is 23.7 Å². The number of halogens is 1. The Bertz CT molecular complexity index is 668. The molecule has 0 saturated heterocycles. The van der Waals surface area contributed by atoms with Crippen LogP contribution in [0.1, 0.15) is 12.8 Å². The van der Waals surface area contributed by atoms with E-state index in [1.165, 1.54) is 20.5 Å². The van der Waals surface area contributed by atoms with Gasteiger partial charge in [0.05, 0.1) is 25.5 Å². The van der Waals surface area contributed by atoms with Gasteiger partial charge in [-0.05, 0) is 30.1 Å². The largest absolute Gasteiger partial charge is 0.495 e. The van der Waals surface area contributed by atoms with Gasteiger partial charge in [0.15, 0.2) is 0 Å². The maximum absolute atomic E-state index is 11.9. The molecule has 5 nitrogen and oxygen atoms in total. The van der Waals surface area contributed by atoms with Gasteiger partial charge < -0.3 is 18.9 Å². The molecular formula is C17H17ClO5. The van der Waals surface area contributed by atoms with Gasteiger partial charge in [-0.15, -0.1) is 0 Å². The summed E-state index contributed by atoms with van der Waals surface area (Å²) in [5.74, 6) is -0.121. The summed E-state index contributed by atoms with van der Waals surface area (Å²) in [5.41, 5.74) is 2.90. The molecule has 0 N–H and O–H groups in total. The van der Waals surface area contributed by atoms with Crippen LogP contribution in [-0.4, -0.2) is 32.6 Å². The average molecular weight is 337 g/mol. The molecule has 1 heterocycles. The first-order valence-electron chi connectivity index (χ1n) is 7.26. The van der Waals surface area contributed by atoms with Crippen LogP contribution in [0.25, 0.3) is 0 Å². The number of allylic oxidation sites excluding steroid dienone is 5. The highest BCUT2D eigenvalue weighted by atomic mass is 35.5. The Kier molecular flexibility index (Phi) is 4.59. The van der Waals surface area contributed by atoms with Crippen molar-refractivity contribution >= 4 is 17.6 Å². The molecule has 0 saturated carbocycles. The fourth-order valence-corrected chi connectivity index (χ4v) is 3.07. The van der Waals surface area contributed by atoms with Gasteiger partial charge in [0.2, 0.25) is 0 Å². The van der Waals surface area contributed by atoms with E-state index in [9.17, 15) is 4.79 Å². The van der Waals surface area contributed by atoms with Crippen molar-refractivity contribution in [2.75, 3.05) is 14.2 Å². The minimum Gasteiger partial charge on any atom is -0.495 e. The second kappa shape index (κ2) is 6.64. The summed E-state index contributed by atoms with van der Waals surface area (Å²) in [6.07, 6.45) is 9.24. The minimum atomic E-state index is -1.19. The number of ether oxygens (including phenoxy) is 4. The van der Waals surface area contributed by atoms with Gasteiger partial charge in [-0.25, -0.2) is 4.79 Å². The van der Waals surface area contributed by atoms with Gasteiger partial charge in [0, 0.05) is 5.57 Å². The molecule has 0 aromatic carbocycles. The van der Waals surface area contributed by atoms with Crippen molar-refractivity contribution < 1.29 is 23.7 Å². The lowest BCUT2D eigenvalue weighted by Crippen LogP contribution is -2.35. The third-order valence-corrected chi connectivity index (χ3v) is 4.29. The van der Waals surface area contributed by atoms with Gasteiger partial charge in [-0.1, -0.05) is 29.8 Å². The molecule has 3 aliphatic rings. The van der Waals surface area contributed by atoms with Crippen LogP contribution in [0.5, 0.6) is 0 Å². The predicted octanol–water partition coefficient (Wildman–Crippen LogP) is 3.10. The minimum absolute atomic E-state index is 0.380. The van der Waals surface area contributed by atoms with E-state index < -0.39 is 18.4 Å². The van der Waals surface area contributed by atoms with Crippen LogP contribution >= 0.6 is 11.6 Å². The van der Waals surface area contributed by atoms with Gasteiger partial charge in [-0.3, -0.25) is 0 Å². The molecule has 0 amide bonds. The molecule has 2 atom stereocenters. The van der Waals surface area contributed by atoms with Crippen molar-refractivity contribution in [1.82, 2.24) is 0 Å². The van der Waals surface area contributed by atoms with Crippen LogP contribution in [0.15, 0.2) is 58.1 Å². The quantitative estimate of drug-likeness (QED) is 0.725. The van der Waals surface area contributed by atoms with E-state index in [2.05, 4.69) is 6.08 Å². The van der Waals surface area contributed by atoms with Gasteiger partial charge in [0.1, 0.15) is 11.9 Å². The number of methoxy groups -OCH3 is 2. The molecule has 2 aliphatic carbocycles. The molecule has 122 valence electrons. The van der Waals surface area contributed by atoms with E-state index in [0.29, 0.717) is 10.8 Å². The predicted molar refractivity (Wildman–Crippen MR) is 84.3 cm³/mol. The highest BCUT2D eigenvalue weighted by Crippen LogP contribution is 2.38. The number of carbonyl (C=O) groups excluding carboxylic acids is 1. The lowest BCUT2D eigenvalue weighted by molar-refractivity contribution is -0.185. The van der Waals surface area contributed by atoms with Crippen molar-refractivity contribution in [3.05, 3.63) is 58.1 Å². The SMILES string of the molecule is COC(=O)C1OC=C2C=CCC/C2=C2\C=CC(OC)=C(Cl)C2O1. The number of fused-ring (bicyclic) bond motifs is 2. The zero-order valence-corrected chi connectivity index (χ0v) is 13.6. The topological polar surface area (TPSA) is 54.0 Å². The number of hydrogen-bond donors (Lipinski definition) is 0. The molecule has 0 radical (unpaired) electrons. The second-order valence-electron chi connectivity index (χ2n) is 5.21. The van der Waals surface area contributed by atoms with E-state index in [0.717, 1.165) is 29.6 Å². The maximum atomic E-state index is 11.9. The number of hydrogen-bond acceptors (Lipinski definition) is 5. The van der Waals surface area contributed by atoms with Gasteiger partial charge in [0.25, 0.3) is 6.29 Å². The first-order chi connectivity index (χ1) is 11.2. The van der Waals surface area contributed by atoms with Gasteiger partial charge >= 0.3 is 5.97 Å². The summed E-state index contributed by atoms with van der Waals surface area (Å²) >= 11 is 6.43. The Morgan fingerprint density at radius 2 is 2.13 bits per heavy atom. The molecule has 0 aromatic heterocycles. The number of carbonyl (C=O) groups is 1. The normalized spacial score (nSPS) is 29.6. The molecular weight excluding hydrogens is 320 g/mol. The van der Waals surface area contributed by atoms with E-state index >= 15 is 0 Å². The van der Waals surface area contributed by atoms with Crippen molar-refractivity contribution in [2.24, 2.45) is 0 Å². The summed E-state index contributed by atoms with van der Waals surface area (Å²) in [5, 5.41) is 0.380. The van der Waals surface area contributed by atoms with Crippen LogP contribution in [0.4, 0.5) is 0 Å². The van der Waals surface area contributed by atoms with Crippen molar-refractivity contribution in [1.29, 1.82) is 0 Å². The molecule has 0 bridgehead atoms. The van der Waals surface area contributed by atoms with Gasteiger partial charge in [-0.2, -0.15) is 0 Å². The second-order valence-corrected chi connectivity index (χ2v) is 5.61. The molecule has 6 heteroatoms. The summed E-state index contributed by atoms with van der Waals surface area (Å²) in [6, 6.07) is 0. The zero-order valence-electron chi connectivity index (χ0n) is 12.9. The Morgan fingerprint density at radius 3 is 2.87 bits per heavy atom. The van der Waals surface area contributed by atoms with Crippen molar-refractivity contribution in [3.63, 3.8) is 0 Å². The van der Waals surface area contributed by atoms with Crippen LogP contribution in [0.2, 0.25) is 0 Å². The van der Waals surface area contributed by atoms with E-state index in [1.807, 2.05) is 12.2 Å². The Hall–Kier alpha value is -1.98. The summed E-state index contributed by atoms with van der Waals surface area (Å²) in [6.45, 7) is 0. The summed E-state index contributed by atoms with van der Waals surface area (Å²) in [4.78, 5) is 11.9. The fraction of sp³-hybridized carbons (Fsp3) is 0.353. The number of rotatable bonds is 2. The van der Waals surface area contributed by atoms with E-state index in [-0.39, 0.29) is 0 Å². The smallest absolute Gasteiger partial charge is 0.376 e. The molecule has 2 unspecified atom stereocenters. The van der Waals surface area contributed by atoms with Crippen molar-refractivity contribution in [3.8, 4) is 0 Å². The number of esters is 1. The molecule has 0 spiro atoms. The molecule has 1 aliphatic heterocycles. The molecule has 3 rings (SSSR count). The first-order valence-corrected chi connectivity index (χ1v) is 7.64. The maximum Gasteiger partial charge on any atom is 0.376 e. The Labute approximate surface area is 139 Å². The molecule has 0 fully saturated rings. The summed E-state index contributed by atoms with van der Waals surface area (Å²) in [7, 11) is 2.81. The lowest BCUT2D eigenvalue weighted by Gasteiger charge is -2.31. The summed E-state index contributed by atoms with van der Waals surface area (Å²) < 4.78 is 21.3. The monoisotopic (exact) mass is 336 g/mol. The standard InChI is InChI=1S/C17H17ClO5/c1-20-13-8-7-12-11-6-4-3-5-10(11)9-22-17(16(19)21-2)23-15(12)14(13)18/h3,5,7-9,15,17H,4,6H2,1-2H3/b10-9?,12-11-. The Morgan fingerprint density at radius 1 is 1.30 bits per heavy atom. The zero-order chi connectivity index (χ0) is 16.4. The lowest BCUT2D eigenvalue weighted by atomic mass is 9.87. The Balaban J connectivity index is 2.09. The highest BCUT2D eigenvalue weighted by molar-refractivity contribution is 6.31. The third kappa shape index (κ3) is 2.94. The van der Waals surface area contributed by atoms with E-state index in [4.69, 9.17) is 30.5 Å². The fourth-order valence-electron chi connectivity index (χ4n) is 2.76. The highest BCUT2D eigenvalue weighted by Gasteiger charge is 2.35. The van der Waals surface area contributed by atoms with Crippen molar-refractivity contribution in [2.45, 2.75) is 25.2 Å². The first kappa shape index (κ1) is 15.9. The molecule has 23 heavy (non-hydrogen) atoms. The average Bonchev–Trinajstić information content (AvgIpc) is 2.57. The molecule has 0 aromatic rings. The van der Waals surface area contributed by atoms with E-state index in [1.54, 1.807) is 6.08 Å². The van der Waals surface area contributed by atoms with Crippen LogP contribution < -0.4 is 0 Å². The van der Waals surface area contributed by atoms with Crippen LogP contribution in [0.3, 0.4) is 0 Å². The third-order valence-electron chi connectivity index (χ3n) is 3.91. The van der Waals surface area contributed by atoms with Crippen LogP contribution in [0, 0.1) is 0 Å².